The minimum absolute atomic E-state index is 0.863. The monoisotopic (exact) mass is 394 g/mol. The van der Waals surface area contributed by atoms with Gasteiger partial charge in [-0.05, 0) is 23.8 Å². The van der Waals surface area contributed by atoms with Crippen LogP contribution in [0.4, 0.5) is 0 Å². The maximum absolute atomic E-state index is 6.29. The summed E-state index contributed by atoms with van der Waals surface area (Å²) in [7, 11) is 2.12. The van der Waals surface area contributed by atoms with E-state index in [1.807, 2.05) is 36.4 Å². The molecule has 0 amide bonds. The highest BCUT2D eigenvalue weighted by Gasteiger charge is 2.18. The van der Waals surface area contributed by atoms with Gasteiger partial charge in [-0.25, -0.2) is 0 Å². The van der Waals surface area contributed by atoms with E-state index in [9.17, 15) is 0 Å². The molecule has 140 valence electrons. The van der Waals surface area contributed by atoms with Gasteiger partial charge in [0.25, 0.3) is 5.01 Å². The molecule has 0 spiro atoms. The van der Waals surface area contributed by atoms with Crippen molar-refractivity contribution in [2.75, 3.05) is 0 Å². The summed E-state index contributed by atoms with van der Waals surface area (Å²) in [5.74, 6) is 1.73. The number of ether oxygens (including phenoxy) is 1. The summed E-state index contributed by atoms with van der Waals surface area (Å²) in [4.78, 5) is 0. The third-order valence-electron chi connectivity index (χ3n) is 4.99. The van der Waals surface area contributed by atoms with Crippen LogP contribution in [0.15, 0.2) is 103 Å². The van der Waals surface area contributed by atoms with E-state index in [0.29, 0.717) is 0 Å². The molecule has 0 saturated carbocycles. The normalized spacial score (nSPS) is 13.6. The molecular weight excluding hydrogens is 374 g/mol. The average molecular weight is 395 g/mol. The van der Waals surface area contributed by atoms with Crippen LogP contribution < -0.4 is 4.57 Å². The first-order valence-electron chi connectivity index (χ1n) is 9.59. The maximum Gasteiger partial charge on any atom is 0.263 e. The molecule has 0 unspecified atom stereocenters. The first-order valence-corrected chi connectivity index (χ1v) is 10.4. The smallest absolute Gasteiger partial charge is 0.263 e. The Balaban J connectivity index is 1.64. The fourth-order valence-electron chi connectivity index (χ4n) is 3.48. The van der Waals surface area contributed by atoms with Crippen molar-refractivity contribution in [2.45, 2.75) is 0 Å². The molecule has 2 heterocycles. The molecule has 2 nitrogen and oxygen atoms in total. The zero-order valence-electron chi connectivity index (χ0n) is 16.1. The molecule has 1 aliphatic rings. The predicted molar refractivity (Wildman–Crippen MR) is 121 cm³/mol. The fraction of sp³-hybridized carbons (Fsp3) is 0.0385. The molecule has 1 aromatic heterocycles. The number of benzene rings is 3. The Morgan fingerprint density at radius 1 is 0.724 bits per heavy atom. The van der Waals surface area contributed by atoms with Gasteiger partial charge in [-0.2, -0.15) is 4.57 Å². The van der Waals surface area contributed by atoms with Crippen LogP contribution in [0.1, 0.15) is 16.1 Å². The summed E-state index contributed by atoms with van der Waals surface area (Å²) in [5, 5.41) is 1.20. The molecule has 0 fully saturated rings. The highest BCUT2D eigenvalue weighted by Crippen LogP contribution is 2.33. The number of fused-ring (bicyclic) bond motifs is 1. The van der Waals surface area contributed by atoms with E-state index in [1.54, 1.807) is 11.3 Å². The van der Waals surface area contributed by atoms with E-state index in [2.05, 4.69) is 78.4 Å². The molecule has 0 radical (unpaired) electrons. The van der Waals surface area contributed by atoms with Gasteiger partial charge >= 0.3 is 0 Å². The van der Waals surface area contributed by atoms with Gasteiger partial charge in [0.05, 0.1) is 0 Å². The zero-order valence-corrected chi connectivity index (χ0v) is 16.9. The first kappa shape index (κ1) is 17.7. The van der Waals surface area contributed by atoms with Gasteiger partial charge in [0.2, 0.25) is 5.52 Å². The van der Waals surface area contributed by atoms with E-state index in [0.717, 1.165) is 28.2 Å². The molecule has 29 heavy (non-hydrogen) atoms. The van der Waals surface area contributed by atoms with Gasteiger partial charge in [0, 0.05) is 23.3 Å². The van der Waals surface area contributed by atoms with E-state index >= 15 is 0 Å². The Bertz CT molecular complexity index is 1210. The number of hydrogen-bond acceptors (Lipinski definition) is 2. The van der Waals surface area contributed by atoms with Crippen LogP contribution in [0.25, 0.3) is 27.8 Å². The molecular formula is C26H20NOS+. The van der Waals surface area contributed by atoms with Crippen molar-refractivity contribution in [1.82, 2.24) is 0 Å². The Morgan fingerprint density at radius 3 is 1.86 bits per heavy atom. The van der Waals surface area contributed by atoms with Crippen molar-refractivity contribution in [2.24, 2.45) is 7.05 Å². The van der Waals surface area contributed by atoms with Gasteiger partial charge in [0.15, 0.2) is 0 Å². The highest BCUT2D eigenvalue weighted by molar-refractivity contribution is 7.18. The Morgan fingerprint density at radius 2 is 1.28 bits per heavy atom. The second-order valence-corrected chi connectivity index (χ2v) is 8.02. The van der Waals surface area contributed by atoms with Crippen molar-refractivity contribution in [3.8, 4) is 0 Å². The van der Waals surface area contributed by atoms with Crippen molar-refractivity contribution in [3.63, 3.8) is 0 Å². The topological polar surface area (TPSA) is 13.1 Å². The quantitative estimate of drug-likeness (QED) is 0.376. The number of aromatic nitrogens is 1. The Hall–Kier alpha value is -3.43. The number of thiazole rings is 1. The summed E-state index contributed by atoms with van der Waals surface area (Å²) in [6.07, 6.45) is 6.47. The number of rotatable bonds is 3. The summed E-state index contributed by atoms with van der Waals surface area (Å²) in [6.45, 7) is 0. The van der Waals surface area contributed by atoms with Crippen LogP contribution in [0.5, 0.6) is 0 Å². The largest absolute Gasteiger partial charge is 0.456 e. The minimum atomic E-state index is 0.863. The lowest BCUT2D eigenvalue weighted by Crippen LogP contribution is -2.28. The number of aryl methyl sites for hydroxylation is 1. The lowest BCUT2D eigenvalue weighted by Gasteiger charge is -2.18. The van der Waals surface area contributed by atoms with Crippen molar-refractivity contribution in [3.05, 3.63) is 119 Å². The van der Waals surface area contributed by atoms with E-state index in [-0.39, 0.29) is 0 Å². The van der Waals surface area contributed by atoms with Crippen LogP contribution in [0.3, 0.4) is 0 Å². The van der Waals surface area contributed by atoms with Crippen molar-refractivity contribution < 1.29 is 9.30 Å². The van der Waals surface area contributed by atoms with Gasteiger partial charge in [-0.15, -0.1) is 0 Å². The van der Waals surface area contributed by atoms with E-state index in [4.69, 9.17) is 4.74 Å². The van der Waals surface area contributed by atoms with Crippen LogP contribution in [0.2, 0.25) is 0 Å². The minimum Gasteiger partial charge on any atom is -0.456 e. The summed E-state index contributed by atoms with van der Waals surface area (Å²) >= 11 is 1.80. The second kappa shape index (κ2) is 7.53. The van der Waals surface area contributed by atoms with Crippen LogP contribution in [-0.4, -0.2) is 0 Å². The molecule has 4 aromatic rings. The molecule has 0 aliphatic carbocycles. The number of hydrogen-bond donors (Lipinski definition) is 0. The molecule has 0 atom stereocenters. The summed E-state index contributed by atoms with van der Waals surface area (Å²) in [5.41, 5.74) is 4.51. The molecule has 5 rings (SSSR count). The van der Waals surface area contributed by atoms with Crippen molar-refractivity contribution >= 4 is 39.1 Å². The maximum atomic E-state index is 6.29. The predicted octanol–water partition coefficient (Wildman–Crippen LogP) is 6.22. The van der Waals surface area contributed by atoms with Crippen molar-refractivity contribution in [1.29, 1.82) is 0 Å². The summed E-state index contributed by atoms with van der Waals surface area (Å²) < 4.78 is 9.82. The standard InChI is InChI=1S/C26H20NOS/c1-27-22-14-8-9-15-25(22)29-26(27)18-19-16-23(20-10-4-2-5-11-20)28-24(17-19)21-12-6-3-7-13-21/h2-18H,1H3/q+1. The average Bonchev–Trinajstić information content (AvgIpc) is 3.10. The lowest BCUT2D eigenvalue weighted by atomic mass is 10.0. The fourth-order valence-corrected chi connectivity index (χ4v) is 4.60. The van der Waals surface area contributed by atoms with E-state index in [1.165, 1.54) is 15.2 Å². The van der Waals surface area contributed by atoms with Crippen LogP contribution in [-0.2, 0) is 11.8 Å². The van der Waals surface area contributed by atoms with Crippen LogP contribution in [0, 0.1) is 0 Å². The molecule has 1 aliphatic heterocycles. The third-order valence-corrected chi connectivity index (χ3v) is 6.16. The summed E-state index contributed by atoms with van der Waals surface area (Å²) in [6, 6.07) is 29.0. The molecule has 0 bridgehead atoms. The van der Waals surface area contributed by atoms with Gasteiger partial charge in [-0.1, -0.05) is 84.1 Å². The van der Waals surface area contributed by atoms with Gasteiger partial charge in [-0.3, -0.25) is 0 Å². The second-order valence-electron chi connectivity index (χ2n) is 6.96. The molecule has 3 heteroatoms. The van der Waals surface area contributed by atoms with E-state index < -0.39 is 0 Å². The van der Waals surface area contributed by atoms with Gasteiger partial charge in [0.1, 0.15) is 23.3 Å². The Kier molecular flexibility index (Phi) is 4.59. The lowest BCUT2D eigenvalue weighted by molar-refractivity contribution is -0.642. The number of allylic oxidation sites excluding steroid dienone is 3. The molecule has 0 N–H and O–H groups in total. The molecule has 3 aromatic carbocycles. The van der Waals surface area contributed by atoms with Crippen LogP contribution >= 0.6 is 11.3 Å². The first-order chi connectivity index (χ1) is 14.3. The SMILES string of the molecule is C[n+]1c(C=C2C=C(c3ccccc3)OC(c3ccccc3)=C2)sc2ccccc21. The third kappa shape index (κ3) is 3.53. The number of para-hydroxylation sites is 1. The van der Waals surface area contributed by atoms with Gasteiger partial charge < -0.3 is 4.74 Å². The highest BCUT2D eigenvalue weighted by atomic mass is 32.1. The molecule has 0 saturated heterocycles. The Labute approximate surface area is 174 Å². The number of nitrogens with zero attached hydrogens (tertiary/aromatic N) is 1. The zero-order chi connectivity index (χ0) is 19.6.